The molecule has 0 aliphatic heterocycles. The minimum Gasteiger partial charge on any atom is -0.338 e. The number of hydrogen-bond acceptors (Lipinski definition) is 2. The highest BCUT2D eigenvalue weighted by atomic mass is 16.2. The van der Waals surface area contributed by atoms with Crippen LogP contribution in [0.5, 0.6) is 0 Å². The molecule has 1 aliphatic rings. The van der Waals surface area contributed by atoms with Crippen molar-refractivity contribution < 1.29 is 4.79 Å². The van der Waals surface area contributed by atoms with E-state index in [9.17, 15) is 4.79 Å². The lowest BCUT2D eigenvalue weighted by atomic mass is 10.1. The van der Waals surface area contributed by atoms with Gasteiger partial charge in [-0.1, -0.05) is 13.8 Å². The van der Waals surface area contributed by atoms with Crippen molar-refractivity contribution in [3.8, 4) is 0 Å². The fourth-order valence-corrected chi connectivity index (χ4v) is 1.52. The molecule has 1 fully saturated rings. The third-order valence-electron chi connectivity index (χ3n) is 2.61. The first kappa shape index (κ1) is 11.5. The second-order valence-electron chi connectivity index (χ2n) is 4.73. The molecule has 0 aromatic carbocycles. The Morgan fingerprint density at radius 2 is 2.00 bits per heavy atom. The van der Waals surface area contributed by atoms with Gasteiger partial charge in [-0.05, 0) is 32.1 Å². The molecule has 0 heterocycles. The molecule has 1 amide bonds. The Balaban J connectivity index is 2.42. The molecule has 0 aromatic rings. The van der Waals surface area contributed by atoms with Crippen LogP contribution in [0.3, 0.4) is 0 Å². The standard InChI is InChI=1S/C11H22N2O/c1-8(2)6-7-13(10-4-5-10)11(14)9(3)12/h8-10H,4-7,12H2,1-3H3/t9-/m1/s1. The second-order valence-corrected chi connectivity index (χ2v) is 4.73. The van der Waals surface area contributed by atoms with Gasteiger partial charge in [0.05, 0.1) is 6.04 Å². The molecule has 1 rings (SSSR count). The van der Waals surface area contributed by atoms with E-state index in [2.05, 4.69) is 13.8 Å². The maximum absolute atomic E-state index is 11.7. The van der Waals surface area contributed by atoms with E-state index in [0.717, 1.165) is 25.8 Å². The van der Waals surface area contributed by atoms with E-state index in [1.165, 1.54) is 0 Å². The Morgan fingerprint density at radius 1 is 1.43 bits per heavy atom. The zero-order chi connectivity index (χ0) is 10.7. The largest absolute Gasteiger partial charge is 0.338 e. The maximum Gasteiger partial charge on any atom is 0.239 e. The molecule has 0 aromatic heterocycles. The van der Waals surface area contributed by atoms with Gasteiger partial charge in [-0.25, -0.2) is 0 Å². The van der Waals surface area contributed by atoms with Gasteiger partial charge in [0.1, 0.15) is 0 Å². The fourth-order valence-electron chi connectivity index (χ4n) is 1.52. The minimum absolute atomic E-state index is 0.119. The fraction of sp³-hybridized carbons (Fsp3) is 0.909. The summed E-state index contributed by atoms with van der Waals surface area (Å²) in [6.45, 7) is 7.01. The SMILES string of the molecule is CC(C)CCN(C(=O)[C@@H](C)N)C1CC1. The van der Waals surface area contributed by atoms with Crippen LogP contribution in [0.25, 0.3) is 0 Å². The summed E-state index contributed by atoms with van der Waals surface area (Å²) in [7, 11) is 0. The predicted octanol–water partition coefficient (Wildman–Crippen LogP) is 1.37. The monoisotopic (exact) mass is 198 g/mol. The minimum atomic E-state index is -0.345. The van der Waals surface area contributed by atoms with Crippen molar-refractivity contribution in [3.05, 3.63) is 0 Å². The van der Waals surface area contributed by atoms with Crippen molar-refractivity contribution in [1.29, 1.82) is 0 Å². The maximum atomic E-state index is 11.7. The molecular weight excluding hydrogens is 176 g/mol. The van der Waals surface area contributed by atoms with Crippen molar-refractivity contribution >= 4 is 5.91 Å². The van der Waals surface area contributed by atoms with Crippen LogP contribution in [0.2, 0.25) is 0 Å². The highest BCUT2D eigenvalue weighted by Gasteiger charge is 2.33. The predicted molar refractivity (Wildman–Crippen MR) is 57.8 cm³/mol. The Bertz CT molecular complexity index is 197. The molecule has 2 N–H and O–H groups in total. The summed E-state index contributed by atoms with van der Waals surface area (Å²) in [5.74, 6) is 0.769. The normalized spacial score (nSPS) is 18.4. The van der Waals surface area contributed by atoms with Crippen LogP contribution in [-0.4, -0.2) is 29.4 Å². The van der Waals surface area contributed by atoms with Crippen LogP contribution < -0.4 is 5.73 Å². The van der Waals surface area contributed by atoms with Crippen LogP contribution in [0.15, 0.2) is 0 Å². The zero-order valence-corrected chi connectivity index (χ0v) is 9.49. The van der Waals surface area contributed by atoms with Crippen LogP contribution in [0.1, 0.15) is 40.0 Å². The summed E-state index contributed by atoms with van der Waals surface area (Å²) < 4.78 is 0. The van der Waals surface area contributed by atoms with Crippen LogP contribution in [0.4, 0.5) is 0 Å². The zero-order valence-electron chi connectivity index (χ0n) is 9.49. The van der Waals surface area contributed by atoms with E-state index in [1.54, 1.807) is 6.92 Å². The van der Waals surface area contributed by atoms with Crippen LogP contribution in [-0.2, 0) is 4.79 Å². The van der Waals surface area contributed by atoms with Gasteiger partial charge in [0, 0.05) is 12.6 Å². The lowest BCUT2D eigenvalue weighted by molar-refractivity contribution is -0.132. The van der Waals surface area contributed by atoms with Crippen molar-refractivity contribution in [2.45, 2.75) is 52.1 Å². The van der Waals surface area contributed by atoms with Gasteiger partial charge < -0.3 is 10.6 Å². The Kier molecular flexibility index (Phi) is 3.93. The van der Waals surface area contributed by atoms with Gasteiger partial charge in [0.25, 0.3) is 0 Å². The molecule has 0 saturated heterocycles. The number of carbonyl (C=O) groups excluding carboxylic acids is 1. The Morgan fingerprint density at radius 3 is 2.36 bits per heavy atom. The summed E-state index contributed by atoms with van der Waals surface area (Å²) in [6, 6.07) is 0.148. The van der Waals surface area contributed by atoms with Crippen molar-refractivity contribution in [2.24, 2.45) is 11.7 Å². The van der Waals surface area contributed by atoms with E-state index in [-0.39, 0.29) is 11.9 Å². The van der Waals surface area contributed by atoms with E-state index >= 15 is 0 Å². The first-order valence-electron chi connectivity index (χ1n) is 5.58. The molecule has 0 radical (unpaired) electrons. The quantitative estimate of drug-likeness (QED) is 0.725. The van der Waals surface area contributed by atoms with Gasteiger partial charge in [0.2, 0.25) is 5.91 Å². The first-order chi connectivity index (χ1) is 6.52. The van der Waals surface area contributed by atoms with Crippen molar-refractivity contribution in [2.75, 3.05) is 6.54 Å². The Labute approximate surface area is 86.6 Å². The van der Waals surface area contributed by atoms with E-state index in [4.69, 9.17) is 5.73 Å². The molecule has 82 valence electrons. The molecule has 0 bridgehead atoms. The molecule has 1 aliphatic carbocycles. The van der Waals surface area contributed by atoms with Gasteiger partial charge in [0.15, 0.2) is 0 Å². The van der Waals surface area contributed by atoms with Gasteiger partial charge in [-0.2, -0.15) is 0 Å². The lowest BCUT2D eigenvalue weighted by Crippen LogP contribution is -2.44. The number of amides is 1. The van der Waals surface area contributed by atoms with Crippen molar-refractivity contribution in [1.82, 2.24) is 4.90 Å². The molecule has 3 nitrogen and oxygen atoms in total. The summed E-state index contributed by atoms with van der Waals surface area (Å²) in [6.07, 6.45) is 3.40. The number of nitrogens with zero attached hydrogens (tertiary/aromatic N) is 1. The second kappa shape index (κ2) is 4.78. The first-order valence-corrected chi connectivity index (χ1v) is 5.58. The van der Waals surface area contributed by atoms with Crippen molar-refractivity contribution in [3.63, 3.8) is 0 Å². The third-order valence-corrected chi connectivity index (χ3v) is 2.61. The molecular formula is C11H22N2O. The van der Waals surface area contributed by atoms with Gasteiger partial charge >= 0.3 is 0 Å². The van der Waals surface area contributed by atoms with Crippen LogP contribution in [0, 0.1) is 5.92 Å². The smallest absolute Gasteiger partial charge is 0.239 e. The number of nitrogens with two attached hydrogens (primary N) is 1. The highest BCUT2D eigenvalue weighted by molar-refractivity contribution is 5.81. The topological polar surface area (TPSA) is 46.3 Å². The molecule has 1 saturated carbocycles. The average Bonchev–Trinajstić information content (AvgIpc) is 2.87. The highest BCUT2D eigenvalue weighted by Crippen LogP contribution is 2.27. The molecule has 3 heteroatoms. The van der Waals surface area contributed by atoms with E-state index in [0.29, 0.717) is 12.0 Å². The lowest BCUT2D eigenvalue weighted by Gasteiger charge is -2.25. The summed E-state index contributed by atoms with van der Waals surface area (Å²) in [4.78, 5) is 13.7. The van der Waals surface area contributed by atoms with E-state index in [1.807, 2.05) is 4.90 Å². The van der Waals surface area contributed by atoms with Gasteiger partial charge in [-0.15, -0.1) is 0 Å². The molecule has 0 unspecified atom stereocenters. The van der Waals surface area contributed by atoms with Crippen LogP contribution >= 0.6 is 0 Å². The number of hydrogen-bond donors (Lipinski definition) is 1. The summed E-state index contributed by atoms with van der Waals surface area (Å²) in [5, 5.41) is 0. The average molecular weight is 198 g/mol. The molecule has 0 spiro atoms. The van der Waals surface area contributed by atoms with E-state index < -0.39 is 0 Å². The Hall–Kier alpha value is -0.570. The number of rotatable bonds is 5. The van der Waals surface area contributed by atoms with Gasteiger partial charge in [-0.3, -0.25) is 4.79 Å². The molecule has 14 heavy (non-hydrogen) atoms. The molecule has 1 atom stereocenters. The number of carbonyl (C=O) groups is 1. The summed E-state index contributed by atoms with van der Waals surface area (Å²) >= 11 is 0. The third kappa shape index (κ3) is 3.29. The summed E-state index contributed by atoms with van der Waals surface area (Å²) in [5.41, 5.74) is 5.62.